The van der Waals surface area contributed by atoms with E-state index in [1.165, 1.54) is 0 Å². The molecule has 2 heterocycles. The number of rotatable bonds is 2. The lowest BCUT2D eigenvalue weighted by atomic mass is 9.80. The Morgan fingerprint density at radius 2 is 2.17 bits per heavy atom. The first-order valence-electron chi connectivity index (χ1n) is 8.10. The summed E-state index contributed by atoms with van der Waals surface area (Å²) in [5.41, 5.74) is 1.30. The van der Waals surface area contributed by atoms with Gasteiger partial charge in [0.2, 0.25) is 0 Å². The monoisotopic (exact) mass is 331 g/mol. The summed E-state index contributed by atoms with van der Waals surface area (Å²) in [7, 11) is -1.52. The van der Waals surface area contributed by atoms with Crippen LogP contribution >= 0.6 is 0 Å². The number of carbonyl (C=O) groups excluding carboxylic acids is 1. The molecule has 1 aliphatic rings. The molecule has 128 valence electrons. The van der Waals surface area contributed by atoms with E-state index in [2.05, 4.69) is 9.97 Å². The van der Waals surface area contributed by atoms with Gasteiger partial charge in [-0.25, -0.2) is 9.78 Å². The fraction of sp³-hybridized carbons (Fsp3) is 0.500. The van der Waals surface area contributed by atoms with Gasteiger partial charge < -0.3 is 19.8 Å². The van der Waals surface area contributed by atoms with E-state index in [1.807, 2.05) is 20.8 Å². The number of nitrogens with zero attached hydrogens (tertiary/aromatic N) is 2. The minimum absolute atomic E-state index is 0.158. The Kier molecular flexibility index (Phi) is 4.27. The highest BCUT2D eigenvalue weighted by atomic mass is 16.6. The van der Waals surface area contributed by atoms with E-state index in [0.29, 0.717) is 23.3 Å². The minimum Gasteiger partial charge on any atom is -0.444 e. The third-order valence-corrected chi connectivity index (χ3v) is 4.02. The van der Waals surface area contributed by atoms with E-state index < -0.39 is 12.7 Å². The van der Waals surface area contributed by atoms with Crippen LogP contribution in [0.15, 0.2) is 18.2 Å². The van der Waals surface area contributed by atoms with Crippen molar-refractivity contribution in [1.29, 1.82) is 0 Å². The van der Waals surface area contributed by atoms with Crippen LogP contribution in [0.5, 0.6) is 0 Å². The standard InChI is InChI=1S/C16H22BN3O4/c1-16(2,3)24-15(21)20-8-4-5-13(20)14-18-11-7-6-10(17(22)23)9-12(11)19-14/h6-7,9,13,22-23H,4-5,8H2,1-3H3,(H,18,19). The average Bonchev–Trinajstić information content (AvgIpc) is 3.10. The number of hydrogen-bond acceptors (Lipinski definition) is 5. The largest absolute Gasteiger partial charge is 0.488 e. The van der Waals surface area contributed by atoms with Gasteiger partial charge in [0.15, 0.2) is 0 Å². The molecular formula is C16H22BN3O4. The lowest BCUT2D eigenvalue weighted by Gasteiger charge is -2.27. The van der Waals surface area contributed by atoms with E-state index in [0.717, 1.165) is 18.4 Å². The number of benzene rings is 1. The van der Waals surface area contributed by atoms with Crippen LogP contribution in [-0.2, 0) is 4.74 Å². The highest BCUT2D eigenvalue weighted by molar-refractivity contribution is 6.58. The van der Waals surface area contributed by atoms with Crippen molar-refractivity contribution in [1.82, 2.24) is 14.9 Å². The van der Waals surface area contributed by atoms with Gasteiger partial charge >= 0.3 is 13.2 Å². The number of imidazole rings is 1. The maximum absolute atomic E-state index is 12.4. The number of ether oxygens (including phenoxy) is 1. The fourth-order valence-electron chi connectivity index (χ4n) is 2.96. The summed E-state index contributed by atoms with van der Waals surface area (Å²) < 4.78 is 5.48. The van der Waals surface area contributed by atoms with Gasteiger partial charge in [-0.15, -0.1) is 0 Å². The highest BCUT2D eigenvalue weighted by Gasteiger charge is 2.35. The molecule has 1 fully saturated rings. The third kappa shape index (κ3) is 3.39. The lowest BCUT2D eigenvalue weighted by Crippen LogP contribution is -2.36. The molecule has 1 aromatic heterocycles. The predicted molar refractivity (Wildman–Crippen MR) is 90.8 cm³/mol. The molecule has 1 unspecified atom stereocenters. The van der Waals surface area contributed by atoms with E-state index in [1.54, 1.807) is 23.1 Å². The van der Waals surface area contributed by atoms with Gasteiger partial charge in [0, 0.05) is 6.54 Å². The van der Waals surface area contributed by atoms with Crippen molar-refractivity contribution in [2.45, 2.75) is 45.3 Å². The summed E-state index contributed by atoms with van der Waals surface area (Å²) in [6.45, 7) is 6.17. The van der Waals surface area contributed by atoms with Crippen molar-refractivity contribution in [3.63, 3.8) is 0 Å². The van der Waals surface area contributed by atoms with Crippen LogP contribution in [0.1, 0.15) is 45.5 Å². The molecule has 2 aromatic rings. The summed E-state index contributed by atoms with van der Waals surface area (Å²) >= 11 is 0. The topological polar surface area (TPSA) is 98.7 Å². The molecule has 0 aliphatic carbocycles. The number of hydrogen-bond donors (Lipinski definition) is 3. The van der Waals surface area contributed by atoms with Crippen molar-refractivity contribution in [2.24, 2.45) is 0 Å². The van der Waals surface area contributed by atoms with E-state index >= 15 is 0 Å². The van der Waals surface area contributed by atoms with Gasteiger partial charge in [-0.1, -0.05) is 6.07 Å². The summed E-state index contributed by atoms with van der Waals surface area (Å²) in [6.07, 6.45) is 1.37. The molecule has 0 spiro atoms. The number of nitrogens with one attached hydrogen (secondary N) is 1. The lowest BCUT2D eigenvalue weighted by molar-refractivity contribution is 0.0219. The van der Waals surface area contributed by atoms with Gasteiger partial charge in [0.25, 0.3) is 0 Å². The van der Waals surface area contributed by atoms with Crippen LogP contribution in [0.25, 0.3) is 11.0 Å². The Balaban J connectivity index is 1.87. The number of amides is 1. The van der Waals surface area contributed by atoms with Gasteiger partial charge in [-0.2, -0.15) is 0 Å². The second-order valence-corrected chi connectivity index (χ2v) is 7.10. The summed E-state index contributed by atoms with van der Waals surface area (Å²) in [5, 5.41) is 18.6. The number of H-pyrrole nitrogens is 1. The Morgan fingerprint density at radius 3 is 2.83 bits per heavy atom. The van der Waals surface area contributed by atoms with Gasteiger partial charge in [0.05, 0.1) is 17.1 Å². The second-order valence-electron chi connectivity index (χ2n) is 7.10. The third-order valence-electron chi connectivity index (χ3n) is 4.02. The highest BCUT2D eigenvalue weighted by Crippen LogP contribution is 2.32. The van der Waals surface area contributed by atoms with Crippen molar-refractivity contribution >= 4 is 29.7 Å². The first kappa shape index (κ1) is 16.8. The zero-order valence-corrected chi connectivity index (χ0v) is 14.1. The number of aromatic amines is 1. The molecule has 8 heteroatoms. The van der Waals surface area contributed by atoms with Gasteiger partial charge in [-0.05, 0) is 51.2 Å². The van der Waals surface area contributed by atoms with Crippen LogP contribution in [-0.4, -0.2) is 50.3 Å². The number of fused-ring (bicyclic) bond motifs is 1. The number of carbonyl (C=O) groups is 1. The molecule has 1 amide bonds. The summed E-state index contributed by atoms with van der Waals surface area (Å²) in [5.74, 6) is 0.693. The van der Waals surface area contributed by atoms with Gasteiger partial charge in [0.1, 0.15) is 11.4 Å². The maximum Gasteiger partial charge on any atom is 0.488 e. The second kappa shape index (κ2) is 6.10. The molecular weight excluding hydrogens is 309 g/mol. The van der Waals surface area contributed by atoms with Crippen molar-refractivity contribution < 1.29 is 19.6 Å². The molecule has 1 aliphatic heterocycles. The quantitative estimate of drug-likeness (QED) is 0.721. The first-order valence-corrected chi connectivity index (χ1v) is 8.10. The Bertz CT molecular complexity index is 753. The molecule has 0 radical (unpaired) electrons. The molecule has 1 atom stereocenters. The Morgan fingerprint density at radius 1 is 1.42 bits per heavy atom. The maximum atomic E-state index is 12.4. The Hall–Kier alpha value is -2.06. The first-order chi connectivity index (χ1) is 11.2. The molecule has 0 saturated carbocycles. The number of aromatic nitrogens is 2. The van der Waals surface area contributed by atoms with Crippen LogP contribution in [0.2, 0.25) is 0 Å². The molecule has 1 saturated heterocycles. The molecule has 3 N–H and O–H groups in total. The zero-order chi connectivity index (χ0) is 17.5. The van der Waals surface area contributed by atoms with Crippen molar-refractivity contribution in [2.75, 3.05) is 6.54 Å². The fourth-order valence-corrected chi connectivity index (χ4v) is 2.96. The van der Waals surface area contributed by atoms with Crippen molar-refractivity contribution in [3.05, 3.63) is 24.0 Å². The number of likely N-dealkylation sites (tertiary alicyclic amines) is 1. The summed E-state index contributed by atoms with van der Waals surface area (Å²) in [6, 6.07) is 4.85. The Labute approximate surface area is 140 Å². The van der Waals surface area contributed by atoms with Crippen LogP contribution in [0.3, 0.4) is 0 Å². The van der Waals surface area contributed by atoms with E-state index in [4.69, 9.17) is 4.74 Å². The molecule has 24 heavy (non-hydrogen) atoms. The summed E-state index contributed by atoms with van der Waals surface area (Å²) in [4.78, 5) is 21.9. The van der Waals surface area contributed by atoms with Crippen molar-refractivity contribution in [3.8, 4) is 0 Å². The molecule has 7 nitrogen and oxygen atoms in total. The normalized spacial score (nSPS) is 18.2. The smallest absolute Gasteiger partial charge is 0.444 e. The van der Waals surface area contributed by atoms with E-state index in [-0.39, 0.29) is 12.1 Å². The SMILES string of the molecule is CC(C)(C)OC(=O)N1CCCC1c1nc2ccc(B(O)O)cc2[nH]1. The molecule has 3 rings (SSSR count). The zero-order valence-electron chi connectivity index (χ0n) is 14.1. The van der Waals surface area contributed by atoms with Crippen LogP contribution < -0.4 is 5.46 Å². The predicted octanol–water partition coefficient (Wildman–Crippen LogP) is 1.31. The average molecular weight is 331 g/mol. The van der Waals surface area contributed by atoms with Gasteiger partial charge in [-0.3, -0.25) is 4.90 Å². The van der Waals surface area contributed by atoms with Crippen LogP contribution in [0.4, 0.5) is 4.79 Å². The molecule has 1 aromatic carbocycles. The molecule has 0 bridgehead atoms. The van der Waals surface area contributed by atoms with E-state index in [9.17, 15) is 14.8 Å². The minimum atomic E-state index is -1.52. The van der Waals surface area contributed by atoms with Crippen LogP contribution in [0, 0.1) is 0 Å².